The van der Waals surface area contributed by atoms with E-state index in [-0.39, 0.29) is 12.1 Å². The van der Waals surface area contributed by atoms with Gasteiger partial charge in [0, 0.05) is 0 Å². The van der Waals surface area contributed by atoms with Crippen LogP contribution in [0.15, 0.2) is 0 Å². The standard InChI is InChI=1S/C8H14O3/c1-3-7(8(9)10-2)11-6-4-5-6/h6-7H,3-5H2,1-2H3. The average Bonchev–Trinajstić information content (AvgIpc) is 2.82. The highest BCUT2D eigenvalue weighted by Crippen LogP contribution is 2.25. The lowest BCUT2D eigenvalue weighted by Crippen LogP contribution is -2.25. The smallest absolute Gasteiger partial charge is 0.334 e. The van der Waals surface area contributed by atoms with Gasteiger partial charge >= 0.3 is 5.97 Å². The Morgan fingerprint density at radius 3 is 2.64 bits per heavy atom. The Morgan fingerprint density at radius 1 is 1.64 bits per heavy atom. The van der Waals surface area contributed by atoms with E-state index in [1.54, 1.807) is 0 Å². The van der Waals surface area contributed by atoms with E-state index in [0.717, 1.165) is 12.8 Å². The van der Waals surface area contributed by atoms with Gasteiger partial charge in [0.1, 0.15) is 0 Å². The molecule has 11 heavy (non-hydrogen) atoms. The highest BCUT2D eigenvalue weighted by atomic mass is 16.6. The number of hydrogen-bond donors (Lipinski definition) is 0. The van der Waals surface area contributed by atoms with E-state index in [4.69, 9.17) is 4.74 Å². The molecule has 1 rings (SSSR count). The van der Waals surface area contributed by atoms with Crippen LogP contribution in [0.4, 0.5) is 0 Å². The Kier molecular flexibility index (Phi) is 2.88. The molecule has 3 nitrogen and oxygen atoms in total. The molecule has 0 spiro atoms. The molecule has 0 aromatic carbocycles. The zero-order valence-corrected chi connectivity index (χ0v) is 7.00. The number of ether oxygens (including phenoxy) is 2. The fourth-order valence-electron chi connectivity index (χ4n) is 0.886. The maximum absolute atomic E-state index is 11.0. The Bertz CT molecular complexity index is 140. The average molecular weight is 158 g/mol. The fraction of sp³-hybridized carbons (Fsp3) is 0.875. The van der Waals surface area contributed by atoms with Crippen LogP contribution in [0, 0.1) is 0 Å². The van der Waals surface area contributed by atoms with Gasteiger partial charge in [0.15, 0.2) is 6.10 Å². The molecular formula is C8H14O3. The van der Waals surface area contributed by atoms with Crippen LogP contribution in [-0.2, 0) is 14.3 Å². The number of esters is 1. The molecule has 0 N–H and O–H groups in total. The SMILES string of the molecule is CCC(OC1CC1)C(=O)OC. The number of hydrogen-bond acceptors (Lipinski definition) is 3. The van der Waals surface area contributed by atoms with E-state index < -0.39 is 0 Å². The number of methoxy groups -OCH3 is 1. The van der Waals surface area contributed by atoms with Gasteiger partial charge in [-0.1, -0.05) is 6.92 Å². The van der Waals surface area contributed by atoms with E-state index in [2.05, 4.69) is 4.74 Å². The second-order valence-electron chi connectivity index (χ2n) is 2.76. The van der Waals surface area contributed by atoms with Crippen LogP contribution in [0.3, 0.4) is 0 Å². The molecule has 3 heteroatoms. The Morgan fingerprint density at radius 2 is 2.27 bits per heavy atom. The molecule has 1 fully saturated rings. The molecular weight excluding hydrogens is 144 g/mol. The van der Waals surface area contributed by atoms with E-state index in [1.807, 2.05) is 6.92 Å². The van der Waals surface area contributed by atoms with Gasteiger partial charge in [-0.15, -0.1) is 0 Å². The van der Waals surface area contributed by atoms with E-state index >= 15 is 0 Å². The molecule has 64 valence electrons. The predicted octanol–water partition coefficient (Wildman–Crippen LogP) is 1.12. The number of rotatable bonds is 4. The maximum atomic E-state index is 11.0. The third-order valence-corrected chi connectivity index (χ3v) is 1.72. The number of carbonyl (C=O) groups excluding carboxylic acids is 1. The molecule has 0 saturated heterocycles. The summed E-state index contributed by atoms with van der Waals surface area (Å²) in [7, 11) is 1.39. The summed E-state index contributed by atoms with van der Waals surface area (Å²) in [4.78, 5) is 11.0. The quantitative estimate of drug-likeness (QED) is 0.575. The minimum Gasteiger partial charge on any atom is -0.467 e. The van der Waals surface area contributed by atoms with Crippen LogP contribution >= 0.6 is 0 Å². The van der Waals surface area contributed by atoms with Gasteiger partial charge in [0.25, 0.3) is 0 Å². The van der Waals surface area contributed by atoms with Crippen molar-refractivity contribution >= 4 is 5.97 Å². The van der Waals surface area contributed by atoms with Crippen molar-refractivity contribution in [1.29, 1.82) is 0 Å². The summed E-state index contributed by atoms with van der Waals surface area (Å²) in [5, 5.41) is 0. The minimum absolute atomic E-state index is 0.251. The zero-order chi connectivity index (χ0) is 8.27. The van der Waals surface area contributed by atoms with Gasteiger partial charge in [-0.25, -0.2) is 4.79 Å². The van der Waals surface area contributed by atoms with Gasteiger partial charge in [-0.3, -0.25) is 0 Å². The van der Waals surface area contributed by atoms with E-state index in [0.29, 0.717) is 12.5 Å². The lowest BCUT2D eigenvalue weighted by molar-refractivity contribution is -0.155. The second-order valence-corrected chi connectivity index (χ2v) is 2.76. The van der Waals surface area contributed by atoms with Crippen molar-refractivity contribution in [2.24, 2.45) is 0 Å². The normalized spacial score (nSPS) is 19.5. The molecule has 0 heterocycles. The van der Waals surface area contributed by atoms with Crippen LogP contribution in [0.5, 0.6) is 0 Å². The molecule has 0 amide bonds. The summed E-state index contributed by atoms with van der Waals surface area (Å²) in [5.74, 6) is -0.251. The summed E-state index contributed by atoms with van der Waals surface area (Å²) >= 11 is 0. The summed E-state index contributed by atoms with van der Waals surface area (Å²) in [6, 6.07) is 0. The lowest BCUT2D eigenvalue weighted by Gasteiger charge is -2.12. The van der Waals surface area contributed by atoms with E-state index in [9.17, 15) is 4.79 Å². The molecule has 1 saturated carbocycles. The summed E-state index contributed by atoms with van der Waals surface area (Å²) in [6.45, 7) is 1.92. The maximum Gasteiger partial charge on any atom is 0.334 e. The molecule has 1 aliphatic carbocycles. The Labute approximate surface area is 66.7 Å². The third-order valence-electron chi connectivity index (χ3n) is 1.72. The topological polar surface area (TPSA) is 35.5 Å². The molecule has 0 bridgehead atoms. The van der Waals surface area contributed by atoms with Crippen molar-refractivity contribution in [3.05, 3.63) is 0 Å². The molecule has 1 unspecified atom stereocenters. The summed E-state index contributed by atoms with van der Waals surface area (Å²) < 4.78 is 9.96. The van der Waals surface area contributed by atoms with Gasteiger partial charge in [-0.2, -0.15) is 0 Å². The summed E-state index contributed by atoms with van der Waals surface area (Å²) in [6.07, 6.45) is 2.86. The van der Waals surface area contributed by atoms with Crippen LogP contribution in [0.1, 0.15) is 26.2 Å². The van der Waals surface area contributed by atoms with Crippen molar-refractivity contribution in [2.45, 2.75) is 38.4 Å². The van der Waals surface area contributed by atoms with E-state index in [1.165, 1.54) is 7.11 Å². The van der Waals surface area contributed by atoms with Gasteiger partial charge in [0.2, 0.25) is 0 Å². The van der Waals surface area contributed by atoms with Crippen LogP contribution in [0.25, 0.3) is 0 Å². The van der Waals surface area contributed by atoms with Crippen LogP contribution < -0.4 is 0 Å². The molecule has 0 radical (unpaired) electrons. The number of carbonyl (C=O) groups is 1. The predicted molar refractivity (Wildman–Crippen MR) is 40.2 cm³/mol. The van der Waals surface area contributed by atoms with Crippen molar-refractivity contribution in [2.75, 3.05) is 7.11 Å². The first-order chi connectivity index (χ1) is 5.27. The fourth-order valence-corrected chi connectivity index (χ4v) is 0.886. The summed E-state index contributed by atoms with van der Waals surface area (Å²) in [5.41, 5.74) is 0. The van der Waals surface area contributed by atoms with Crippen molar-refractivity contribution in [3.8, 4) is 0 Å². The van der Waals surface area contributed by atoms with Gasteiger partial charge in [0.05, 0.1) is 13.2 Å². The molecule has 1 aliphatic rings. The zero-order valence-electron chi connectivity index (χ0n) is 7.00. The first kappa shape index (κ1) is 8.53. The Balaban J connectivity index is 2.27. The highest BCUT2D eigenvalue weighted by molar-refractivity contribution is 5.74. The van der Waals surface area contributed by atoms with Crippen molar-refractivity contribution < 1.29 is 14.3 Å². The molecule has 0 aromatic heterocycles. The minimum atomic E-state index is -0.340. The highest BCUT2D eigenvalue weighted by Gasteiger charge is 2.29. The van der Waals surface area contributed by atoms with Crippen molar-refractivity contribution in [1.82, 2.24) is 0 Å². The monoisotopic (exact) mass is 158 g/mol. The Hall–Kier alpha value is -0.570. The second kappa shape index (κ2) is 3.72. The van der Waals surface area contributed by atoms with Crippen LogP contribution in [0.2, 0.25) is 0 Å². The lowest BCUT2D eigenvalue weighted by atomic mass is 10.3. The van der Waals surface area contributed by atoms with Crippen molar-refractivity contribution in [3.63, 3.8) is 0 Å². The van der Waals surface area contributed by atoms with Gasteiger partial charge in [-0.05, 0) is 19.3 Å². The molecule has 0 aliphatic heterocycles. The first-order valence-corrected chi connectivity index (χ1v) is 4.01. The van der Waals surface area contributed by atoms with Crippen LogP contribution in [-0.4, -0.2) is 25.3 Å². The largest absolute Gasteiger partial charge is 0.467 e. The third kappa shape index (κ3) is 2.50. The first-order valence-electron chi connectivity index (χ1n) is 4.01. The molecule has 1 atom stereocenters. The molecule has 0 aromatic rings. The van der Waals surface area contributed by atoms with Gasteiger partial charge < -0.3 is 9.47 Å².